The molecule has 0 fully saturated rings. The number of methoxy groups -OCH3 is 1. The number of carbonyl (C=O) groups is 2. The number of hydrogen-bond acceptors (Lipinski definition) is 6. The number of nitrogens with zero attached hydrogens (tertiary/aromatic N) is 2. The molecule has 8 heteroatoms. The van der Waals surface area contributed by atoms with Crippen LogP contribution in [0.15, 0.2) is 64.8 Å². The molecule has 2 N–H and O–H groups in total. The number of esters is 1. The number of amides is 1. The van der Waals surface area contributed by atoms with Gasteiger partial charge < -0.3 is 15.4 Å². The molecule has 0 saturated heterocycles. The van der Waals surface area contributed by atoms with Crippen LogP contribution in [-0.2, 0) is 14.3 Å². The summed E-state index contributed by atoms with van der Waals surface area (Å²) in [4.78, 5) is 22.7. The number of azo groups is 1. The van der Waals surface area contributed by atoms with Gasteiger partial charge in [-0.1, -0.05) is 18.2 Å². The molecule has 0 saturated carbocycles. The number of thiocarbonyl (C=S) groups is 1. The lowest BCUT2D eigenvalue weighted by atomic mass is 10.3. The first-order chi connectivity index (χ1) is 12.6. The summed E-state index contributed by atoms with van der Waals surface area (Å²) in [6.45, 7) is 0. The van der Waals surface area contributed by atoms with Gasteiger partial charge in [0.25, 0.3) is 0 Å². The third-order valence-electron chi connectivity index (χ3n) is 3.20. The average molecular weight is 370 g/mol. The average Bonchev–Trinajstić information content (AvgIpc) is 2.66. The zero-order valence-corrected chi connectivity index (χ0v) is 15.0. The Morgan fingerprint density at radius 3 is 2.19 bits per heavy atom. The van der Waals surface area contributed by atoms with E-state index in [0.29, 0.717) is 11.4 Å². The summed E-state index contributed by atoms with van der Waals surface area (Å²) in [6, 6.07) is 16.5. The smallest absolute Gasteiger partial charge is 0.306 e. The zero-order valence-electron chi connectivity index (χ0n) is 14.1. The van der Waals surface area contributed by atoms with Crippen LogP contribution < -0.4 is 10.6 Å². The number of carbonyl (C=O) groups excluding carboxylic acids is 2. The third kappa shape index (κ3) is 6.78. The molecule has 0 heterocycles. The predicted octanol–water partition coefficient (Wildman–Crippen LogP) is 3.87. The highest BCUT2D eigenvalue weighted by atomic mass is 32.1. The maximum absolute atomic E-state index is 11.7. The largest absolute Gasteiger partial charge is 0.469 e. The molecular weight excluding hydrogens is 352 g/mol. The van der Waals surface area contributed by atoms with E-state index in [1.165, 1.54) is 7.11 Å². The molecule has 2 rings (SSSR count). The van der Waals surface area contributed by atoms with Crippen LogP contribution in [0.25, 0.3) is 0 Å². The molecule has 0 unspecified atom stereocenters. The van der Waals surface area contributed by atoms with Crippen molar-refractivity contribution in [1.82, 2.24) is 5.32 Å². The van der Waals surface area contributed by atoms with Gasteiger partial charge in [-0.3, -0.25) is 9.59 Å². The maximum Gasteiger partial charge on any atom is 0.306 e. The number of rotatable bonds is 6. The van der Waals surface area contributed by atoms with Crippen molar-refractivity contribution >= 4 is 46.3 Å². The highest BCUT2D eigenvalue weighted by Gasteiger charge is 2.08. The molecule has 0 spiro atoms. The molecule has 0 aliphatic carbocycles. The molecule has 2 aromatic carbocycles. The fourth-order valence-electron chi connectivity index (χ4n) is 1.89. The van der Waals surface area contributed by atoms with Crippen LogP contribution in [0.5, 0.6) is 0 Å². The molecule has 0 radical (unpaired) electrons. The molecule has 134 valence electrons. The van der Waals surface area contributed by atoms with E-state index in [2.05, 4.69) is 25.6 Å². The van der Waals surface area contributed by atoms with Crippen LogP contribution in [0.4, 0.5) is 17.1 Å². The Morgan fingerprint density at radius 1 is 0.962 bits per heavy atom. The second kappa shape index (κ2) is 10.00. The monoisotopic (exact) mass is 370 g/mol. The fraction of sp³-hybridized carbons (Fsp3) is 0.167. The van der Waals surface area contributed by atoms with Crippen LogP contribution in [0, 0.1) is 0 Å². The standard InChI is InChI=1S/C18H18N4O3S/c1-25-17(24)12-11-16(23)20-18(26)19-13-7-9-15(10-8-13)22-21-14-5-3-2-4-6-14/h2-10H,11-12H2,1H3,(H2,19,20,23,26). The van der Waals surface area contributed by atoms with Crippen molar-refractivity contribution in [3.05, 3.63) is 54.6 Å². The van der Waals surface area contributed by atoms with Crippen molar-refractivity contribution in [1.29, 1.82) is 0 Å². The Hall–Kier alpha value is -3.13. The molecule has 0 atom stereocenters. The SMILES string of the molecule is COC(=O)CCC(=O)NC(=S)Nc1ccc(N=Nc2ccccc2)cc1. The van der Waals surface area contributed by atoms with E-state index in [-0.39, 0.29) is 23.9 Å². The Labute approximate surface area is 156 Å². The first-order valence-electron chi connectivity index (χ1n) is 7.81. The molecule has 0 aliphatic rings. The third-order valence-corrected chi connectivity index (χ3v) is 3.40. The van der Waals surface area contributed by atoms with E-state index < -0.39 is 5.97 Å². The van der Waals surface area contributed by atoms with E-state index in [1.807, 2.05) is 30.3 Å². The lowest BCUT2D eigenvalue weighted by molar-refractivity contribution is -0.142. The van der Waals surface area contributed by atoms with E-state index in [9.17, 15) is 9.59 Å². The minimum absolute atomic E-state index is 0.00601. The normalized spacial score (nSPS) is 10.3. The molecular formula is C18H18N4O3S. The molecule has 1 amide bonds. The summed E-state index contributed by atoms with van der Waals surface area (Å²) in [7, 11) is 1.27. The highest BCUT2D eigenvalue weighted by molar-refractivity contribution is 7.80. The van der Waals surface area contributed by atoms with Crippen molar-refractivity contribution in [2.75, 3.05) is 12.4 Å². The summed E-state index contributed by atoms with van der Waals surface area (Å²) in [5, 5.41) is 13.8. The van der Waals surface area contributed by atoms with Gasteiger partial charge in [0.05, 0.1) is 24.9 Å². The van der Waals surface area contributed by atoms with E-state index in [0.717, 1.165) is 5.69 Å². The van der Waals surface area contributed by atoms with Gasteiger partial charge in [0.15, 0.2) is 5.11 Å². The Kier molecular flexibility index (Phi) is 7.38. The molecule has 7 nitrogen and oxygen atoms in total. The van der Waals surface area contributed by atoms with Crippen LogP contribution in [0.1, 0.15) is 12.8 Å². The zero-order chi connectivity index (χ0) is 18.8. The van der Waals surface area contributed by atoms with Gasteiger partial charge in [-0.15, -0.1) is 0 Å². The predicted molar refractivity (Wildman–Crippen MR) is 103 cm³/mol. The highest BCUT2D eigenvalue weighted by Crippen LogP contribution is 2.19. The first-order valence-corrected chi connectivity index (χ1v) is 8.22. The van der Waals surface area contributed by atoms with Crippen molar-refractivity contribution in [2.24, 2.45) is 10.2 Å². The number of benzene rings is 2. The second-order valence-corrected chi connectivity index (χ2v) is 5.57. The Balaban J connectivity index is 1.82. The lowest BCUT2D eigenvalue weighted by Crippen LogP contribution is -2.34. The summed E-state index contributed by atoms with van der Waals surface area (Å²) in [6.07, 6.45) is 0.0133. The van der Waals surface area contributed by atoms with Crippen molar-refractivity contribution in [3.63, 3.8) is 0 Å². The second-order valence-electron chi connectivity index (χ2n) is 5.16. The van der Waals surface area contributed by atoms with Crippen LogP contribution in [-0.4, -0.2) is 24.1 Å². The maximum atomic E-state index is 11.7. The molecule has 0 aromatic heterocycles. The van der Waals surface area contributed by atoms with Gasteiger partial charge in [-0.25, -0.2) is 0 Å². The van der Waals surface area contributed by atoms with Crippen molar-refractivity contribution in [3.8, 4) is 0 Å². The van der Waals surface area contributed by atoms with Crippen molar-refractivity contribution < 1.29 is 14.3 Å². The fourth-order valence-corrected chi connectivity index (χ4v) is 2.12. The van der Waals surface area contributed by atoms with E-state index in [4.69, 9.17) is 12.2 Å². The lowest BCUT2D eigenvalue weighted by Gasteiger charge is -2.09. The van der Waals surface area contributed by atoms with Gasteiger partial charge in [0.2, 0.25) is 5.91 Å². The van der Waals surface area contributed by atoms with Crippen LogP contribution in [0.2, 0.25) is 0 Å². The Bertz CT molecular complexity index is 792. The van der Waals surface area contributed by atoms with Crippen molar-refractivity contribution in [2.45, 2.75) is 12.8 Å². The van der Waals surface area contributed by atoms with Gasteiger partial charge in [0, 0.05) is 12.1 Å². The summed E-state index contributed by atoms with van der Waals surface area (Å²) in [5.41, 5.74) is 2.15. The van der Waals surface area contributed by atoms with Gasteiger partial charge in [-0.05, 0) is 48.6 Å². The molecule has 26 heavy (non-hydrogen) atoms. The molecule has 2 aromatic rings. The Morgan fingerprint density at radius 2 is 1.58 bits per heavy atom. The quantitative estimate of drug-likeness (QED) is 0.457. The van der Waals surface area contributed by atoms with Crippen LogP contribution in [0.3, 0.4) is 0 Å². The van der Waals surface area contributed by atoms with Crippen LogP contribution >= 0.6 is 12.2 Å². The van der Waals surface area contributed by atoms with Gasteiger partial charge in [0.1, 0.15) is 0 Å². The topological polar surface area (TPSA) is 92.2 Å². The number of hydrogen-bond donors (Lipinski definition) is 2. The number of anilines is 1. The number of nitrogens with one attached hydrogen (secondary N) is 2. The van der Waals surface area contributed by atoms with Gasteiger partial charge in [-0.2, -0.15) is 10.2 Å². The minimum atomic E-state index is -0.445. The van der Waals surface area contributed by atoms with E-state index >= 15 is 0 Å². The van der Waals surface area contributed by atoms with Gasteiger partial charge >= 0.3 is 5.97 Å². The summed E-state index contributed by atoms with van der Waals surface area (Å²) < 4.78 is 4.48. The first kappa shape index (κ1) is 19.2. The summed E-state index contributed by atoms with van der Waals surface area (Å²) >= 11 is 5.07. The number of ether oxygens (including phenoxy) is 1. The minimum Gasteiger partial charge on any atom is -0.469 e. The molecule has 0 aliphatic heterocycles. The summed E-state index contributed by atoms with van der Waals surface area (Å²) in [5.74, 6) is -0.805. The van der Waals surface area contributed by atoms with E-state index in [1.54, 1.807) is 24.3 Å². The molecule has 0 bridgehead atoms.